The molecule has 1 aromatic carbocycles. The van der Waals surface area contributed by atoms with Crippen LogP contribution in [0.4, 0.5) is 23.2 Å². The molecule has 5 nitrogen and oxygen atoms in total. The van der Waals surface area contributed by atoms with E-state index in [0.717, 1.165) is 0 Å². The lowest BCUT2D eigenvalue weighted by molar-refractivity contribution is -0.114. The van der Waals surface area contributed by atoms with Gasteiger partial charge in [-0.1, -0.05) is 0 Å². The summed E-state index contributed by atoms with van der Waals surface area (Å²) in [7, 11) is -2.29. The predicted octanol–water partition coefficient (Wildman–Crippen LogP) is 0.139. The van der Waals surface area contributed by atoms with Crippen molar-refractivity contribution in [1.29, 1.82) is 0 Å². The summed E-state index contributed by atoms with van der Waals surface area (Å²) in [6, 6.07) is 1.09. The topological polar surface area (TPSA) is 95.6 Å². The molecular weight excluding hydrogens is 283 g/mol. The second-order valence-electron chi connectivity index (χ2n) is 3.80. The van der Waals surface area contributed by atoms with E-state index in [2.05, 4.69) is 0 Å². The molecule has 0 radical (unpaired) electrons. The monoisotopic (exact) mass is 294 g/mol. The van der Waals surface area contributed by atoms with Crippen molar-refractivity contribution in [2.24, 2.45) is 5.73 Å². The third-order valence-corrected chi connectivity index (χ3v) is 2.46. The smallest absolute Gasteiger partial charge is 0.423 e. The predicted molar refractivity (Wildman–Crippen MR) is 63.9 cm³/mol. The van der Waals surface area contributed by atoms with Gasteiger partial charge in [0.15, 0.2) is 0 Å². The molecule has 20 heavy (non-hydrogen) atoms. The summed E-state index contributed by atoms with van der Waals surface area (Å²) < 4.78 is 51.0. The SMILES string of the molecule is NCC(=O)Nc1cc(B(O)O)c(C(F)F)cc1C(F)F. The third-order valence-electron chi connectivity index (χ3n) is 2.46. The fourth-order valence-corrected chi connectivity index (χ4v) is 1.55. The molecule has 1 rings (SSSR count). The van der Waals surface area contributed by atoms with E-state index in [0.29, 0.717) is 12.1 Å². The van der Waals surface area contributed by atoms with Gasteiger partial charge < -0.3 is 21.1 Å². The molecule has 5 N–H and O–H groups in total. The van der Waals surface area contributed by atoms with Crippen molar-refractivity contribution in [3.63, 3.8) is 0 Å². The summed E-state index contributed by atoms with van der Waals surface area (Å²) in [5.74, 6) is -0.824. The molecule has 1 amide bonds. The van der Waals surface area contributed by atoms with Crippen LogP contribution in [0.1, 0.15) is 24.0 Å². The Hall–Kier alpha value is -1.65. The number of halogens is 4. The third kappa shape index (κ3) is 3.68. The number of rotatable bonds is 5. The molecule has 0 saturated carbocycles. The van der Waals surface area contributed by atoms with Crippen LogP contribution in [0.15, 0.2) is 12.1 Å². The minimum atomic E-state index is -3.18. The Balaban J connectivity index is 3.41. The lowest BCUT2D eigenvalue weighted by Crippen LogP contribution is -2.34. The van der Waals surface area contributed by atoms with Crippen molar-refractivity contribution in [3.05, 3.63) is 23.3 Å². The van der Waals surface area contributed by atoms with Crippen LogP contribution in [0.5, 0.6) is 0 Å². The average Bonchev–Trinajstić information content (AvgIpc) is 2.37. The van der Waals surface area contributed by atoms with Gasteiger partial charge in [-0.05, 0) is 17.6 Å². The quantitative estimate of drug-likeness (QED) is 0.459. The Morgan fingerprint density at radius 1 is 1.20 bits per heavy atom. The van der Waals surface area contributed by atoms with E-state index in [1.807, 2.05) is 5.32 Å². The van der Waals surface area contributed by atoms with Crippen molar-refractivity contribution in [1.82, 2.24) is 0 Å². The summed E-state index contributed by atoms with van der Waals surface area (Å²) in [5.41, 5.74) is 2.04. The molecule has 0 bridgehead atoms. The van der Waals surface area contributed by atoms with Crippen molar-refractivity contribution < 1.29 is 32.4 Å². The zero-order valence-electron chi connectivity index (χ0n) is 9.99. The zero-order valence-corrected chi connectivity index (χ0v) is 9.99. The van der Waals surface area contributed by atoms with Gasteiger partial charge >= 0.3 is 7.12 Å². The molecule has 0 unspecified atom stereocenters. The van der Waals surface area contributed by atoms with Gasteiger partial charge in [-0.25, -0.2) is 17.6 Å². The fourth-order valence-electron chi connectivity index (χ4n) is 1.55. The van der Waals surface area contributed by atoms with Gasteiger partial charge in [0.2, 0.25) is 5.91 Å². The van der Waals surface area contributed by atoms with Crippen LogP contribution in [0.3, 0.4) is 0 Å². The molecule has 0 saturated heterocycles. The maximum atomic E-state index is 12.8. The highest BCUT2D eigenvalue weighted by Gasteiger charge is 2.26. The molecule has 0 heterocycles. The fraction of sp³-hybridized carbons (Fsp3) is 0.300. The van der Waals surface area contributed by atoms with Gasteiger partial charge in [0.05, 0.1) is 6.54 Å². The Morgan fingerprint density at radius 2 is 1.75 bits per heavy atom. The average molecular weight is 294 g/mol. The molecule has 0 aliphatic carbocycles. The molecule has 0 aliphatic heterocycles. The normalized spacial score (nSPS) is 11.1. The summed E-state index contributed by atoms with van der Waals surface area (Å²) >= 11 is 0. The summed E-state index contributed by atoms with van der Waals surface area (Å²) in [4.78, 5) is 11.1. The van der Waals surface area contributed by atoms with E-state index < -0.39 is 54.7 Å². The highest BCUT2D eigenvalue weighted by atomic mass is 19.3. The highest BCUT2D eigenvalue weighted by molar-refractivity contribution is 6.59. The van der Waals surface area contributed by atoms with E-state index in [1.165, 1.54) is 0 Å². The van der Waals surface area contributed by atoms with E-state index in [9.17, 15) is 22.4 Å². The minimum Gasteiger partial charge on any atom is -0.423 e. The van der Waals surface area contributed by atoms with Crippen molar-refractivity contribution in [2.45, 2.75) is 12.9 Å². The summed E-state index contributed by atoms with van der Waals surface area (Å²) in [5, 5.41) is 20.0. The molecule has 10 heteroatoms. The summed E-state index contributed by atoms with van der Waals surface area (Å²) in [6.45, 7) is -0.504. The van der Waals surface area contributed by atoms with Crippen LogP contribution >= 0.6 is 0 Å². The first-order valence-electron chi connectivity index (χ1n) is 5.38. The maximum absolute atomic E-state index is 12.8. The first-order valence-corrected chi connectivity index (χ1v) is 5.38. The van der Waals surface area contributed by atoms with Gasteiger partial charge in [-0.15, -0.1) is 0 Å². The van der Waals surface area contributed by atoms with Crippen LogP contribution in [0.2, 0.25) is 0 Å². The number of anilines is 1. The first kappa shape index (κ1) is 16.4. The number of carbonyl (C=O) groups is 1. The number of nitrogens with two attached hydrogens (primary N) is 1. The molecule has 110 valence electrons. The van der Waals surface area contributed by atoms with Gasteiger partial charge in [0.25, 0.3) is 12.9 Å². The van der Waals surface area contributed by atoms with E-state index in [1.54, 1.807) is 0 Å². The number of amides is 1. The molecule has 0 fully saturated rings. The molecule has 0 atom stereocenters. The van der Waals surface area contributed by atoms with Crippen molar-refractivity contribution in [2.75, 3.05) is 11.9 Å². The lowest BCUT2D eigenvalue weighted by atomic mass is 9.76. The van der Waals surface area contributed by atoms with E-state index in [-0.39, 0.29) is 0 Å². The van der Waals surface area contributed by atoms with Crippen molar-refractivity contribution in [3.8, 4) is 0 Å². The van der Waals surface area contributed by atoms with Gasteiger partial charge in [-0.2, -0.15) is 0 Å². The second-order valence-corrected chi connectivity index (χ2v) is 3.80. The molecule has 0 aromatic heterocycles. The molecule has 1 aromatic rings. The number of carbonyl (C=O) groups excluding carboxylic acids is 1. The molecule has 0 spiro atoms. The van der Waals surface area contributed by atoms with Gasteiger partial charge in [-0.3, -0.25) is 4.79 Å². The molecular formula is C10H11BF4N2O3. The summed E-state index contributed by atoms with van der Waals surface area (Å²) in [6.07, 6.45) is -6.31. The minimum absolute atomic E-state index is 0.427. The van der Waals surface area contributed by atoms with Crippen molar-refractivity contribution >= 4 is 24.2 Å². The molecule has 0 aliphatic rings. The van der Waals surface area contributed by atoms with Gasteiger partial charge in [0.1, 0.15) is 0 Å². The number of nitrogens with one attached hydrogen (secondary N) is 1. The largest absolute Gasteiger partial charge is 0.488 e. The standard InChI is InChI=1S/C10H11BF4N2O3/c12-9(13)4-1-5(10(14)15)7(17-8(18)3-16)2-6(4)11(19)20/h1-2,9-10,19-20H,3,16H2,(H,17,18). The number of alkyl halides is 4. The lowest BCUT2D eigenvalue weighted by Gasteiger charge is -2.16. The highest BCUT2D eigenvalue weighted by Crippen LogP contribution is 2.30. The van der Waals surface area contributed by atoms with Crippen LogP contribution in [-0.4, -0.2) is 29.6 Å². The van der Waals surface area contributed by atoms with Crippen LogP contribution in [0, 0.1) is 0 Å². The number of benzene rings is 1. The van der Waals surface area contributed by atoms with Crippen LogP contribution in [0.25, 0.3) is 0 Å². The Morgan fingerprint density at radius 3 is 2.15 bits per heavy atom. The zero-order chi connectivity index (χ0) is 15.4. The van der Waals surface area contributed by atoms with E-state index >= 15 is 0 Å². The first-order chi connectivity index (χ1) is 9.27. The van der Waals surface area contributed by atoms with Crippen LogP contribution in [-0.2, 0) is 4.79 Å². The second kappa shape index (κ2) is 6.68. The Bertz CT molecular complexity index is 500. The Kier molecular flexibility index (Phi) is 5.48. The van der Waals surface area contributed by atoms with Crippen LogP contribution < -0.4 is 16.5 Å². The van der Waals surface area contributed by atoms with Gasteiger partial charge in [0, 0.05) is 16.8 Å². The van der Waals surface area contributed by atoms with E-state index in [4.69, 9.17) is 15.8 Å². The number of hydrogen-bond acceptors (Lipinski definition) is 4. The Labute approximate surface area is 111 Å². The maximum Gasteiger partial charge on any atom is 0.488 e. The number of hydrogen-bond donors (Lipinski definition) is 4.